The average molecular weight is 373 g/mol. The molecule has 0 bridgehead atoms. The molecule has 126 valence electrons. The summed E-state index contributed by atoms with van der Waals surface area (Å²) in [5.41, 5.74) is 2.80. The molecule has 25 heavy (non-hydrogen) atoms. The van der Waals surface area contributed by atoms with Crippen LogP contribution < -0.4 is 10.1 Å². The quantitative estimate of drug-likeness (QED) is 0.726. The maximum atomic E-state index is 6.43. The first-order valence-electron chi connectivity index (χ1n) is 7.64. The lowest BCUT2D eigenvalue weighted by Gasteiger charge is -2.25. The van der Waals surface area contributed by atoms with Crippen molar-refractivity contribution in [3.05, 3.63) is 76.0 Å². The van der Waals surface area contributed by atoms with E-state index < -0.39 is 0 Å². The smallest absolute Gasteiger partial charge is 0.226 e. The maximum Gasteiger partial charge on any atom is 0.226 e. The standard InChI is InChI=1S/C18H14Cl2N4O/c1-25-12-7-5-11(6-8-12)15-9-16(24-18(23-15)21-10-22-24)13-3-2-4-14(19)17(13)20/h2-10,16H,1H3,(H,21,22,23). The molecule has 0 saturated carbocycles. The minimum absolute atomic E-state index is 0.206. The van der Waals surface area contributed by atoms with Crippen molar-refractivity contribution < 1.29 is 4.74 Å². The molecule has 1 unspecified atom stereocenters. The monoisotopic (exact) mass is 372 g/mol. The minimum Gasteiger partial charge on any atom is -0.497 e. The van der Waals surface area contributed by atoms with Gasteiger partial charge in [-0.2, -0.15) is 10.1 Å². The van der Waals surface area contributed by atoms with Crippen LogP contribution in [-0.4, -0.2) is 21.9 Å². The summed E-state index contributed by atoms with van der Waals surface area (Å²) in [5, 5.41) is 8.64. The molecule has 0 aliphatic carbocycles. The van der Waals surface area contributed by atoms with Crippen molar-refractivity contribution in [1.29, 1.82) is 0 Å². The molecular formula is C18H14Cl2N4O. The van der Waals surface area contributed by atoms with Gasteiger partial charge in [-0.25, -0.2) is 4.68 Å². The number of halogens is 2. The fourth-order valence-corrected chi connectivity index (χ4v) is 3.26. The summed E-state index contributed by atoms with van der Waals surface area (Å²) < 4.78 is 7.00. The lowest BCUT2D eigenvalue weighted by atomic mass is 10.0. The van der Waals surface area contributed by atoms with Gasteiger partial charge in [0.1, 0.15) is 18.1 Å². The van der Waals surface area contributed by atoms with Crippen LogP contribution in [0.4, 0.5) is 5.95 Å². The number of nitrogens with zero attached hydrogens (tertiary/aromatic N) is 3. The van der Waals surface area contributed by atoms with E-state index >= 15 is 0 Å². The van der Waals surface area contributed by atoms with E-state index in [1.165, 1.54) is 6.33 Å². The lowest BCUT2D eigenvalue weighted by molar-refractivity contribution is 0.415. The van der Waals surface area contributed by atoms with Gasteiger partial charge in [-0.1, -0.05) is 35.3 Å². The highest BCUT2D eigenvalue weighted by molar-refractivity contribution is 6.42. The number of nitrogens with one attached hydrogen (secondary N) is 1. The predicted molar refractivity (Wildman–Crippen MR) is 99.2 cm³/mol. The Kier molecular flexibility index (Phi) is 4.11. The van der Waals surface area contributed by atoms with Gasteiger partial charge >= 0.3 is 0 Å². The molecule has 1 atom stereocenters. The second-order valence-corrected chi connectivity index (χ2v) is 6.34. The Hall–Kier alpha value is -2.50. The summed E-state index contributed by atoms with van der Waals surface area (Å²) in [4.78, 5) is 4.29. The maximum absolute atomic E-state index is 6.43. The van der Waals surface area contributed by atoms with E-state index in [2.05, 4.69) is 21.5 Å². The first-order valence-corrected chi connectivity index (χ1v) is 8.39. The number of allylic oxidation sites excluding steroid dienone is 1. The Morgan fingerprint density at radius 1 is 1.12 bits per heavy atom. The first-order chi connectivity index (χ1) is 12.2. The van der Waals surface area contributed by atoms with E-state index in [1.807, 2.05) is 36.4 Å². The molecule has 2 heterocycles. The van der Waals surface area contributed by atoms with E-state index in [1.54, 1.807) is 17.9 Å². The third-order valence-electron chi connectivity index (χ3n) is 4.11. The van der Waals surface area contributed by atoms with E-state index in [0.717, 1.165) is 22.6 Å². The topological polar surface area (TPSA) is 52.0 Å². The Labute approximate surface area is 154 Å². The fraction of sp³-hybridized carbons (Fsp3) is 0.111. The number of anilines is 1. The Morgan fingerprint density at radius 2 is 1.92 bits per heavy atom. The van der Waals surface area contributed by atoms with Crippen molar-refractivity contribution >= 4 is 34.8 Å². The molecule has 4 rings (SSSR count). The number of benzene rings is 2. The number of hydrogen-bond donors (Lipinski definition) is 1. The number of hydrogen-bond acceptors (Lipinski definition) is 4. The second kappa shape index (κ2) is 6.43. The molecule has 0 amide bonds. The summed E-state index contributed by atoms with van der Waals surface area (Å²) in [5.74, 6) is 1.45. The van der Waals surface area contributed by atoms with Gasteiger partial charge in [0.15, 0.2) is 0 Å². The highest BCUT2D eigenvalue weighted by atomic mass is 35.5. The van der Waals surface area contributed by atoms with Gasteiger partial charge in [-0.3, -0.25) is 0 Å². The molecule has 3 aromatic rings. The van der Waals surface area contributed by atoms with Gasteiger partial charge in [0.05, 0.1) is 17.2 Å². The van der Waals surface area contributed by atoms with Crippen LogP contribution in [-0.2, 0) is 0 Å². The molecule has 0 radical (unpaired) electrons. The zero-order valence-corrected chi connectivity index (χ0v) is 14.8. The zero-order chi connectivity index (χ0) is 17.4. The van der Waals surface area contributed by atoms with Crippen molar-refractivity contribution in [2.45, 2.75) is 6.04 Å². The van der Waals surface area contributed by atoms with Crippen molar-refractivity contribution in [3.8, 4) is 5.75 Å². The van der Waals surface area contributed by atoms with E-state index in [0.29, 0.717) is 16.0 Å². The molecule has 1 N–H and O–H groups in total. The van der Waals surface area contributed by atoms with Crippen LogP contribution in [0.1, 0.15) is 17.2 Å². The van der Waals surface area contributed by atoms with Gasteiger partial charge in [0, 0.05) is 11.3 Å². The Bertz CT molecular complexity index is 950. The fourth-order valence-electron chi connectivity index (χ4n) is 2.84. The van der Waals surface area contributed by atoms with E-state index in [-0.39, 0.29) is 6.04 Å². The van der Waals surface area contributed by atoms with Gasteiger partial charge < -0.3 is 10.1 Å². The van der Waals surface area contributed by atoms with Crippen LogP contribution in [0.15, 0.2) is 54.9 Å². The third kappa shape index (κ3) is 2.86. The number of methoxy groups -OCH3 is 1. The molecule has 2 aromatic carbocycles. The molecule has 0 saturated heterocycles. The third-order valence-corrected chi connectivity index (χ3v) is 4.94. The van der Waals surface area contributed by atoms with Crippen LogP contribution in [0, 0.1) is 0 Å². The largest absolute Gasteiger partial charge is 0.497 e. The van der Waals surface area contributed by atoms with Crippen LogP contribution in [0.2, 0.25) is 10.0 Å². The zero-order valence-electron chi connectivity index (χ0n) is 13.3. The molecule has 1 aromatic heterocycles. The van der Waals surface area contributed by atoms with Crippen molar-refractivity contribution in [1.82, 2.24) is 14.8 Å². The molecule has 0 fully saturated rings. The summed E-state index contributed by atoms with van der Waals surface area (Å²) in [6.07, 6.45) is 3.57. The predicted octanol–water partition coefficient (Wildman–Crippen LogP) is 4.65. The summed E-state index contributed by atoms with van der Waals surface area (Å²) in [6, 6.07) is 13.2. The first kappa shape index (κ1) is 16.0. The highest BCUT2D eigenvalue weighted by Crippen LogP contribution is 2.37. The van der Waals surface area contributed by atoms with Gasteiger partial charge in [0.2, 0.25) is 5.95 Å². The van der Waals surface area contributed by atoms with Gasteiger partial charge in [-0.15, -0.1) is 0 Å². The van der Waals surface area contributed by atoms with Crippen LogP contribution in [0.25, 0.3) is 5.70 Å². The van der Waals surface area contributed by atoms with Crippen LogP contribution in [0.3, 0.4) is 0 Å². The lowest BCUT2D eigenvalue weighted by Crippen LogP contribution is -2.20. The Balaban J connectivity index is 1.81. The van der Waals surface area contributed by atoms with Crippen molar-refractivity contribution in [2.24, 2.45) is 0 Å². The van der Waals surface area contributed by atoms with Crippen LogP contribution >= 0.6 is 23.2 Å². The number of ether oxygens (including phenoxy) is 1. The average Bonchev–Trinajstić information content (AvgIpc) is 3.12. The van der Waals surface area contributed by atoms with Gasteiger partial charge in [0.25, 0.3) is 0 Å². The van der Waals surface area contributed by atoms with E-state index in [4.69, 9.17) is 27.9 Å². The number of fused-ring (bicyclic) bond motifs is 1. The molecule has 0 spiro atoms. The molecule has 5 nitrogen and oxygen atoms in total. The summed E-state index contributed by atoms with van der Waals surface area (Å²) in [6.45, 7) is 0. The van der Waals surface area contributed by atoms with E-state index in [9.17, 15) is 0 Å². The van der Waals surface area contributed by atoms with Gasteiger partial charge in [-0.05, 0) is 42.0 Å². The second-order valence-electron chi connectivity index (χ2n) is 5.55. The molecule has 1 aliphatic rings. The van der Waals surface area contributed by atoms with Crippen molar-refractivity contribution in [2.75, 3.05) is 12.4 Å². The van der Waals surface area contributed by atoms with Crippen LogP contribution in [0.5, 0.6) is 5.75 Å². The van der Waals surface area contributed by atoms with Crippen molar-refractivity contribution in [3.63, 3.8) is 0 Å². The normalized spacial score (nSPS) is 16.0. The Morgan fingerprint density at radius 3 is 2.68 bits per heavy atom. The SMILES string of the molecule is COc1ccc(C2=CC(c3cccc(Cl)c3Cl)n3ncnc3N2)cc1. The molecular weight excluding hydrogens is 359 g/mol. The minimum atomic E-state index is -0.206. The highest BCUT2D eigenvalue weighted by Gasteiger charge is 2.25. The number of aromatic nitrogens is 3. The molecule has 1 aliphatic heterocycles. The molecule has 7 heteroatoms. The summed E-state index contributed by atoms with van der Waals surface area (Å²) >= 11 is 12.6. The summed E-state index contributed by atoms with van der Waals surface area (Å²) in [7, 11) is 1.65. The number of rotatable bonds is 3.